The first-order chi connectivity index (χ1) is 19.4. The molecule has 2 amide bonds. The van der Waals surface area contributed by atoms with Gasteiger partial charge in [-0.1, -0.05) is 72.3 Å². The second-order valence-corrected chi connectivity index (χ2v) is 10.1. The molecule has 210 valence electrons. The van der Waals surface area contributed by atoms with E-state index in [1.165, 1.54) is 12.0 Å². The van der Waals surface area contributed by atoms with E-state index in [1.54, 1.807) is 24.3 Å². The van der Waals surface area contributed by atoms with Gasteiger partial charge in [0.25, 0.3) is 0 Å². The van der Waals surface area contributed by atoms with E-state index in [2.05, 4.69) is 5.32 Å². The van der Waals surface area contributed by atoms with Gasteiger partial charge in [0, 0.05) is 17.5 Å². The summed E-state index contributed by atoms with van der Waals surface area (Å²) in [5, 5.41) is 3.35. The zero-order valence-corrected chi connectivity index (χ0v) is 23.1. The second kappa shape index (κ2) is 14.4. The minimum atomic E-state index is -0.897. The Morgan fingerprint density at radius 1 is 0.950 bits per heavy atom. The van der Waals surface area contributed by atoms with Crippen molar-refractivity contribution in [1.82, 2.24) is 10.2 Å². The minimum Gasteiger partial charge on any atom is -0.493 e. The lowest BCUT2D eigenvalue weighted by molar-refractivity contribution is -0.151. The number of amides is 2. The number of halogens is 1. The molecule has 1 saturated heterocycles. The van der Waals surface area contributed by atoms with Crippen molar-refractivity contribution in [3.05, 3.63) is 101 Å². The molecule has 0 aliphatic carbocycles. The van der Waals surface area contributed by atoms with Crippen LogP contribution in [0.15, 0.2) is 84.9 Å². The number of esters is 1. The third-order valence-electron chi connectivity index (χ3n) is 6.81. The van der Waals surface area contributed by atoms with Crippen LogP contribution in [0.3, 0.4) is 0 Å². The molecule has 1 fully saturated rings. The van der Waals surface area contributed by atoms with Crippen LogP contribution in [0.1, 0.15) is 24.0 Å². The Kier molecular flexibility index (Phi) is 10.4. The first-order valence-electron chi connectivity index (χ1n) is 13.2. The van der Waals surface area contributed by atoms with Crippen molar-refractivity contribution in [2.24, 2.45) is 5.92 Å². The maximum absolute atomic E-state index is 13.9. The van der Waals surface area contributed by atoms with Gasteiger partial charge in [-0.05, 0) is 54.7 Å². The van der Waals surface area contributed by atoms with Crippen molar-refractivity contribution in [2.45, 2.75) is 38.0 Å². The van der Waals surface area contributed by atoms with E-state index < -0.39 is 24.1 Å². The van der Waals surface area contributed by atoms with E-state index >= 15 is 0 Å². The smallest absolute Gasteiger partial charge is 0.408 e. The number of carbonyl (C=O) groups is 3. The fraction of sp³-hybridized carbons (Fsp3) is 0.323. The van der Waals surface area contributed by atoms with Gasteiger partial charge in [0.15, 0.2) is 0 Å². The summed E-state index contributed by atoms with van der Waals surface area (Å²) in [5.41, 5.74) is 1.86. The van der Waals surface area contributed by atoms with Gasteiger partial charge in [0.05, 0.1) is 13.7 Å². The van der Waals surface area contributed by atoms with Crippen LogP contribution in [0.25, 0.3) is 0 Å². The summed E-state index contributed by atoms with van der Waals surface area (Å²) < 4.78 is 16.3. The lowest BCUT2D eigenvalue weighted by Gasteiger charge is -2.28. The summed E-state index contributed by atoms with van der Waals surface area (Å²) in [6.07, 6.45) is 0.567. The quantitative estimate of drug-likeness (QED) is 0.328. The van der Waals surface area contributed by atoms with Crippen LogP contribution >= 0.6 is 11.6 Å². The van der Waals surface area contributed by atoms with E-state index in [-0.39, 0.29) is 25.0 Å². The molecule has 0 bridgehead atoms. The van der Waals surface area contributed by atoms with E-state index in [9.17, 15) is 14.4 Å². The third-order valence-corrected chi connectivity index (χ3v) is 7.06. The highest BCUT2D eigenvalue weighted by atomic mass is 35.5. The maximum Gasteiger partial charge on any atom is 0.408 e. The van der Waals surface area contributed by atoms with Gasteiger partial charge in [-0.15, -0.1) is 0 Å². The highest BCUT2D eigenvalue weighted by Gasteiger charge is 2.43. The molecule has 0 unspecified atom stereocenters. The van der Waals surface area contributed by atoms with Crippen molar-refractivity contribution >= 4 is 29.6 Å². The van der Waals surface area contributed by atoms with Crippen molar-refractivity contribution in [3.63, 3.8) is 0 Å². The Morgan fingerprint density at radius 2 is 1.60 bits per heavy atom. The van der Waals surface area contributed by atoms with E-state index in [0.29, 0.717) is 36.6 Å². The number of likely N-dealkylation sites (tertiary alicyclic amines) is 1. The number of nitrogens with one attached hydrogen (secondary N) is 1. The van der Waals surface area contributed by atoms with Gasteiger partial charge in [0.1, 0.15) is 24.4 Å². The van der Waals surface area contributed by atoms with E-state index in [4.69, 9.17) is 25.8 Å². The number of hydrogen-bond donors (Lipinski definition) is 1. The third kappa shape index (κ3) is 8.23. The molecule has 0 saturated carbocycles. The molecule has 3 aromatic rings. The SMILES string of the molecule is COC(=O)[C@@H]1C[C@@H](COc2ccc(Cl)cc2)CN1C(=O)[C@@H](CCc1ccccc1)NC(=O)OCc1ccccc1. The summed E-state index contributed by atoms with van der Waals surface area (Å²) in [5.74, 6) is -0.330. The van der Waals surface area contributed by atoms with Crippen LogP contribution in [0, 0.1) is 5.92 Å². The average molecular weight is 565 g/mol. The molecule has 9 heteroatoms. The minimum absolute atomic E-state index is 0.0743. The number of nitrogens with zero attached hydrogens (tertiary/aromatic N) is 1. The van der Waals surface area contributed by atoms with Crippen molar-refractivity contribution in [3.8, 4) is 5.75 Å². The molecule has 1 aliphatic heterocycles. The molecular weight excluding hydrogens is 532 g/mol. The number of ether oxygens (including phenoxy) is 3. The van der Waals surface area contributed by atoms with Gasteiger partial charge in [-0.2, -0.15) is 0 Å². The van der Waals surface area contributed by atoms with Gasteiger partial charge in [-0.3, -0.25) is 4.79 Å². The van der Waals surface area contributed by atoms with Gasteiger partial charge in [0.2, 0.25) is 5.91 Å². The number of alkyl carbamates (subject to hydrolysis) is 1. The van der Waals surface area contributed by atoms with Crippen LogP contribution in [0.4, 0.5) is 4.79 Å². The predicted octanol–water partition coefficient (Wildman–Crippen LogP) is 5.04. The first-order valence-corrected chi connectivity index (χ1v) is 13.6. The number of carbonyl (C=O) groups excluding carboxylic acids is 3. The summed E-state index contributed by atoms with van der Waals surface area (Å²) in [6, 6.07) is 24.3. The maximum atomic E-state index is 13.9. The highest BCUT2D eigenvalue weighted by Crippen LogP contribution is 2.27. The molecule has 1 N–H and O–H groups in total. The molecule has 3 aromatic carbocycles. The zero-order chi connectivity index (χ0) is 28.3. The summed E-state index contributed by atoms with van der Waals surface area (Å²) in [7, 11) is 1.30. The Morgan fingerprint density at radius 3 is 2.25 bits per heavy atom. The number of aryl methyl sites for hydroxylation is 1. The summed E-state index contributed by atoms with van der Waals surface area (Å²) >= 11 is 5.95. The fourth-order valence-electron chi connectivity index (χ4n) is 4.71. The molecule has 0 radical (unpaired) electrons. The number of methoxy groups -OCH3 is 1. The number of hydrogen-bond acceptors (Lipinski definition) is 6. The van der Waals surface area contributed by atoms with Crippen LogP contribution in [0.5, 0.6) is 5.75 Å². The highest BCUT2D eigenvalue weighted by molar-refractivity contribution is 6.30. The molecule has 1 aliphatic rings. The van der Waals surface area contributed by atoms with Crippen molar-refractivity contribution in [2.75, 3.05) is 20.3 Å². The lowest BCUT2D eigenvalue weighted by Crippen LogP contribution is -2.52. The van der Waals surface area contributed by atoms with E-state index in [1.807, 2.05) is 60.7 Å². The molecule has 40 heavy (non-hydrogen) atoms. The number of rotatable bonds is 11. The Labute approximate surface area is 239 Å². The standard InChI is InChI=1S/C31H33ClN2O6/c1-38-30(36)28-18-24(21-39-26-15-13-25(32)14-16-26)19-34(28)29(35)27(17-12-22-8-4-2-5-9-22)33-31(37)40-20-23-10-6-3-7-11-23/h2-11,13-16,24,27-28H,12,17-21H2,1H3,(H,33,37)/t24-,27-,28+/m1/s1. The average Bonchev–Trinajstić information content (AvgIpc) is 3.42. The fourth-order valence-corrected chi connectivity index (χ4v) is 4.84. The molecule has 4 rings (SSSR count). The molecule has 3 atom stereocenters. The Hall–Kier alpha value is -4.04. The van der Waals surface area contributed by atoms with Crippen LogP contribution < -0.4 is 10.1 Å². The lowest BCUT2D eigenvalue weighted by atomic mass is 10.0. The number of benzene rings is 3. The van der Waals surface area contributed by atoms with Gasteiger partial charge < -0.3 is 24.4 Å². The first kappa shape index (κ1) is 29.0. The molecular formula is C31H33ClN2O6. The predicted molar refractivity (Wildman–Crippen MR) is 151 cm³/mol. The van der Waals surface area contributed by atoms with Crippen molar-refractivity contribution in [1.29, 1.82) is 0 Å². The molecule has 0 spiro atoms. The topological polar surface area (TPSA) is 94.2 Å². The normalized spacial score (nSPS) is 17.1. The summed E-state index contributed by atoms with van der Waals surface area (Å²) in [6.45, 7) is 0.666. The van der Waals surface area contributed by atoms with Crippen LogP contribution in [-0.2, 0) is 32.1 Å². The Bertz CT molecular complexity index is 1260. The molecule has 1 heterocycles. The Balaban J connectivity index is 1.45. The summed E-state index contributed by atoms with van der Waals surface area (Å²) in [4.78, 5) is 40.8. The van der Waals surface area contributed by atoms with Crippen molar-refractivity contribution < 1.29 is 28.6 Å². The van der Waals surface area contributed by atoms with Gasteiger partial charge >= 0.3 is 12.1 Å². The molecule has 0 aromatic heterocycles. The second-order valence-electron chi connectivity index (χ2n) is 9.68. The van der Waals surface area contributed by atoms with E-state index in [0.717, 1.165) is 11.1 Å². The zero-order valence-electron chi connectivity index (χ0n) is 22.3. The monoisotopic (exact) mass is 564 g/mol. The van der Waals surface area contributed by atoms with Crippen LogP contribution in [0.2, 0.25) is 5.02 Å². The van der Waals surface area contributed by atoms with Crippen LogP contribution in [-0.4, -0.2) is 55.2 Å². The van der Waals surface area contributed by atoms with Gasteiger partial charge in [-0.25, -0.2) is 9.59 Å². The molecule has 8 nitrogen and oxygen atoms in total. The largest absolute Gasteiger partial charge is 0.493 e.